The monoisotopic (exact) mass is 461 g/mol. The standard InChI is InChI=1S/C24H35N3O6/c1-8-16-9-11-17(12-10-16)19(20(30)26-23(2,3)4)27(13-14-28)21(31)18(15-29)25-22(32)33-24(5,6)7/h1,9-12,18-19,28-29H,13-15H2,2-7H3,(H,25,32)(H,26,30). The number of alkyl carbamates (subject to hydrolysis) is 1. The molecule has 33 heavy (non-hydrogen) atoms. The van der Waals surface area contributed by atoms with Crippen LogP contribution in [0.2, 0.25) is 0 Å². The first kappa shape index (κ1) is 27.9. The molecular weight excluding hydrogens is 426 g/mol. The maximum atomic E-state index is 13.3. The predicted molar refractivity (Wildman–Crippen MR) is 124 cm³/mol. The number of amides is 3. The van der Waals surface area contributed by atoms with Gasteiger partial charge in [0.05, 0.1) is 13.2 Å². The quantitative estimate of drug-likeness (QED) is 0.433. The first-order valence-corrected chi connectivity index (χ1v) is 10.6. The molecule has 9 nitrogen and oxygen atoms in total. The van der Waals surface area contributed by atoms with E-state index in [2.05, 4.69) is 16.6 Å². The summed E-state index contributed by atoms with van der Waals surface area (Å²) in [7, 11) is 0. The molecule has 0 spiro atoms. The van der Waals surface area contributed by atoms with Crippen molar-refractivity contribution in [2.24, 2.45) is 0 Å². The number of terminal acetylenes is 1. The van der Waals surface area contributed by atoms with Crippen molar-refractivity contribution in [3.63, 3.8) is 0 Å². The highest BCUT2D eigenvalue weighted by Crippen LogP contribution is 2.24. The molecular formula is C24H35N3O6. The van der Waals surface area contributed by atoms with Crippen molar-refractivity contribution in [1.82, 2.24) is 15.5 Å². The molecule has 1 aromatic carbocycles. The predicted octanol–water partition coefficient (Wildman–Crippen LogP) is 1.33. The fourth-order valence-corrected chi connectivity index (χ4v) is 2.98. The summed E-state index contributed by atoms with van der Waals surface area (Å²) in [5.74, 6) is 1.24. The molecule has 0 saturated carbocycles. The highest BCUT2D eigenvalue weighted by Gasteiger charge is 2.36. The number of carbonyl (C=O) groups excluding carboxylic acids is 3. The Balaban J connectivity index is 3.37. The van der Waals surface area contributed by atoms with Gasteiger partial charge in [-0.15, -0.1) is 6.42 Å². The molecule has 2 unspecified atom stereocenters. The third-order valence-corrected chi connectivity index (χ3v) is 4.25. The molecule has 3 amide bonds. The van der Waals surface area contributed by atoms with E-state index in [1.54, 1.807) is 65.8 Å². The molecule has 0 aliphatic carbocycles. The molecule has 0 aliphatic rings. The second-order valence-corrected chi connectivity index (χ2v) is 9.54. The molecule has 0 aromatic heterocycles. The first-order chi connectivity index (χ1) is 15.2. The van der Waals surface area contributed by atoms with Crippen molar-refractivity contribution in [3.8, 4) is 12.3 Å². The van der Waals surface area contributed by atoms with Crippen molar-refractivity contribution in [2.45, 2.75) is 64.8 Å². The third-order valence-electron chi connectivity index (χ3n) is 4.25. The number of hydrogen-bond acceptors (Lipinski definition) is 6. The average molecular weight is 462 g/mol. The molecule has 0 bridgehead atoms. The van der Waals surface area contributed by atoms with Crippen LogP contribution in [0.15, 0.2) is 24.3 Å². The Kier molecular flexibility index (Phi) is 9.89. The van der Waals surface area contributed by atoms with Gasteiger partial charge in [-0.05, 0) is 59.2 Å². The fraction of sp³-hybridized carbons (Fsp3) is 0.542. The van der Waals surface area contributed by atoms with Gasteiger partial charge >= 0.3 is 6.09 Å². The molecule has 0 fully saturated rings. The average Bonchev–Trinajstić information content (AvgIpc) is 2.69. The van der Waals surface area contributed by atoms with E-state index >= 15 is 0 Å². The van der Waals surface area contributed by atoms with Crippen LogP contribution in [0.3, 0.4) is 0 Å². The summed E-state index contributed by atoms with van der Waals surface area (Å²) >= 11 is 0. The minimum atomic E-state index is -1.39. The molecule has 9 heteroatoms. The van der Waals surface area contributed by atoms with Crippen LogP contribution >= 0.6 is 0 Å². The lowest BCUT2D eigenvalue weighted by atomic mass is 9.99. The van der Waals surface area contributed by atoms with E-state index in [1.165, 1.54) is 0 Å². The molecule has 0 aliphatic heterocycles. The number of rotatable bonds is 8. The van der Waals surface area contributed by atoms with Gasteiger partial charge in [0.25, 0.3) is 0 Å². The number of ether oxygens (including phenoxy) is 1. The molecule has 4 N–H and O–H groups in total. The number of hydrogen-bond donors (Lipinski definition) is 4. The zero-order valence-corrected chi connectivity index (χ0v) is 20.1. The largest absolute Gasteiger partial charge is 0.444 e. The summed E-state index contributed by atoms with van der Waals surface area (Å²) in [4.78, 5) is 39.9. The van der Waals surface area contributed by atoms with E-state index in [-0.39, 0.29) is 6.54 Å². The van der Waals surface area contributed by atoms with E-state index in [0.717, 1.165) is 4.90 Å². The lowest BCUT2D eigenvalue weighted by Crippen LogP contribution is -2.56. The van der Waals surface area contributed by atoms with E-state index in [4.69, 9.17) is 11.2 Å². The van der Waals surface area contributed by atoms with Gasteiger partial charge in [-0.1, -0.05) is 18.1 Å². The fourth-order valence-electron chi connectivity index (χ4n) is 2.98. The minimum Gasteiger partial charge on any atom is -0.444 e. The van der Waals surface area contributed by atoms with Crippen LogP contribution in [-0.2, 0) is 14.3 Å². The summed E-state index contributed by atoms with van der Waals surface area (Å²) in [5.41, 5.74) is -0.376. The normalized spacial score (nSPS) is 13.3. The van der Waals surface area contributed by atoms with Crippen LogP contribution in [0.4, 0.5) is 4.79 Å². The Morgan fingerprint density at radius 3 is 2.09 bits per heavy atom. The second kappa shape index (κ2) is 11.7. The van der Waals surface area contributed by atoms with Crippen LogP contribution in [-0.4, -0.2) is 70.0 Å². The highest BCUT2D eigenvalue weighted by atomic mass is 16.6. The van der Waals surface area contributed by atoms with Gasteiger partial charge in [-0.2, -0.15) is 0 Å². The van der Waals surface area contributed by atoms with Gasteiger partial charge < -0.3 is 30.5 Å². The van der Waals surface area contributed by atoms with Crippen molar-refractivity contribution in [1.29, 1.82) is 0 Å². The maximum Gasteiger partial charge on any atom is 0.408 e. The van der Waals surface area contributed by atoms with E-state index in [0.29, 0.717) is 11.1 Å². The first-order valence-electron chi connectivity index (χ1n) is 10.6. The number of aliphatic hydroxyl groups is 2. The Morgan fingerprint density at radius 1 is 1.09 bits per heavy atom. The Labute approximate surface area is 195 Å². The van der Waals surface area contributed by atoms with E-state index < -0.39 is 54.3 Å². The van der Waals surface area contributed by atoms with Gasteiger partial charge in [0, 0.05) is 17.6 Å². The van der Waals surface area contributed by atoms with Crippen molar-refractivity contribution >= 4 is 17.9 Å². The topological polar surface area (TPSA) is 128 Å². The number of nitrogens with one attached hydrogen (secondary N) is 2. The van der Waals surface area contributed by atoms with Crippen molar-refractivity contribution in [3.05, 3.63) is 35.4 Å². The van der Waals surface area contributed by atoms with Gasteiger partial charge in [0.1, 0.15) is 17.7 Å². The zero-order chi connectivity index (χ0) is 25.4. The minimum absolute atomic E-state index is 0.218. The van der Waals surface area contributed by atoms with Crippen LogP contribution in [0.1, 0.15) is 58.7 Å². The van der Waals surface area contributed by atoms with Crippen molar-refractivity contribution in [2.75, 3.05) is 19.8 Å². The molecule has 1 aromatic rings. The number of aliphatic hydroxyl groups excluding tert-OH is 2. The summed E-state index contributed by atoms with van der Waals surface area (Å²) in [6.07, 6.45) is 4.52. The van der Waals surface area contributed by atoms with Crippen LogP contribution in [0, 0.1) is 12.3 Å². The Hall–Kier alpha value is -3.09. The van der Waals surface area contributed by atoms with Crippen molar-refractivity contribution < 1.29 is 29.3 Å². The molecule has 0 heterocycles. The summed E-state index contributed by atoms with van der Waals surface area (Å²) in [6, 6.07) is 3.98. The Bertz CT molecular complexity index is 862. The van der Waals surface area contributed by atoms with E-state index in [1.807, 2.05) is 0 Å². The summed E-state index contributed by atoms with van der Waals surface area (Å²) < 4.78 is 5.16. The third kappa shape index (κ3) is 9.12. The van der Waals surface area contributed by atoms with Crippen LogP contribution < -0.4 is 10.6 Å². The van der Waals surface area contributed by atoms with Gasteiger partial charge in [0.2, 0.25) is 11.8 Å². The van der Waals surface area contributed by atoms with Gasteiger partial charge in [0.15, 0.2) is 0 Å². The van der Waals surface area contributed by atoms with Crippen LogP contribution in [0.25, 0.3) is 0 Å². The molecule has 0 radical (unpaired) electrons. The summed E-state index contributed by atoms with van der Waals surface area (Å²) in [6.45, 7) is 8.96. The lowest BCUT2D eigenvalue weighted by Gasteiger charge is -2.35. The van der Waals surface area contributed by atoms with Gasteiger partial charge in [-0.3, -0.25) is 9.59 Å². The van der Waals surface area contributed by atoms with Gasteiger partial charge in [-0.25, -0.2) is 4.79 Å². The van der Waals surface area contributed by atoms with Crippen LogP contribution in [0.5, 0.6) is 0 Å². The zero-order valence-electron chi connectivity index (χ0n) is 20.1. The summed E-state index contributed by atoms with van der Waals surface area (Å²) in [5, 5.41) is 24.6. The smallest absolute Gasteiger partial charge is 0.408 e. The SMILES string of the molecule is C#Cc1ccc(C(C(=O)NC(C)(C)C)N(CCO)C(=O)C(CO)NC(=O)OC(C)(C)C)cc1. The van der Waals surface area contributed by atoms with E-state index in [9.17, 15) is 24.6 Å². The Morgan fingerprint density at radius 2 is 1.67 bits per heavy atom. The highest BCUT2D eigenvalue weighted by molar-refractivity contribution is 5.92. The number of carbonyl (C=O) groups is 3. The second-order valence-electron chi connectivity index (χ2n) is 9.54. The molecule has 182 valence electrons. The molecule has 1 rings (SSSR count). The number of nitrogens with zero attached hydrogens (tertiary/aromatic N) is 1. The lowest BCUT2D eigenvalue weighted by molar-refractivity contribution is -0.144. The molecule has 2 atom stereocenters. The number of benzene rings is 1. The maximum absolute atomic E-state index is 13.3. The molecule has 0 saturated heterocycles.